The molecular formula is C13H24O6Ti. The third kappa shape index (κ3) is 43.2. The first-order valence-electron chi connectivity index (χ1n) is 5.90. The monoisotopic (exact) mass is 324 g/mol. The van der Waals surface area contributed by atoms with Gasteiger partial charge in [-0.25, -0.2) is 0 Å². The first kappa shape index (κ1) is 31.7. The summed E-state index contributed by atoms with van der Waals surface area (Å²) in [6.07, 6.45) is 1.54. The van der Waals surface area contributed by atoms with Gasteiger partial charge >= 0.3 is 21.7 Å². The number of allylic oxidation sites excluding steroid dienone is 1. The summed E-state index contributed by atoms with van der Waals surface area (Å²) in [5.74, 6) is -2.73. The van der Waals surface area contributed by atoms with Gasteiger partial charge in [0.25, 0.3) is 0 Å². The zero-order valence-corrected chi connectivity index (χ0v) is 14.2. The number of hydrogen-bond acceptors (Lipinski definition) is 6. The Hall–Kier alpha value is -0.526. The standard InChI is InChI=1S/C7H10O3.3C2H5O.Ti/c1-3-4-6(5(2)8)7(9)10;3*1-2-3;/h3,6H,1,4H2,2H3,(H,9,10);3*2H2,1H3;/q;3*-1;+4/p-1. The van der Waals surface area contributed by atoms with Crippen molar-refractivity contribution in [1.29, 1.82) is 0 Å². The van der Waals surface area contributed by atoms with E-state index < -0.39 is 11.9 Å². The fourth-order valence-electron chi connectivity index (χ4n) is 0.595. The van der Waals surface area contributed by atoms with Crippen molar-refractivity contribution >= 4 is 11.8 Å². The Morgan fingerprint density at radius 1 is 1.05 bits per heavy atom. The Morgan fingerprint density at radius 2 is 1.30 bits per heavy atom. The molecule has 7 heteroatoms. The summed E-state index contributed by atoms with van der Waals surface area (Å²) < 4.78 is 0. The van der Waals surface area contributed by atoms with Crippen LogP contribution in [-0.4, -0.2) is 31.6 Å². The van der Waals surface area contributed by atoms with Gasteiger partial charge in [0.1, 0.15) is 5.78 Å². The molecule has 0 amide bonds. The minimum absolute atomic E-state index is 0. The Kier molecular flexibility index (Phi) is 49.3. The molecule has 0 heterocycles. The van der Waals surface area contributed by atoms with Gasteiger partial charge in [0.15, 0.2) is 0 Å². The first-order valence-corrected chi connectivity index (χ1v) is 5.90. The maximum Gasteiger partial charge on any atom is 4.00 e. The van der Waals surface area contributed by atoms with Gasteiger partial charge in [-0.15, -0.1) is 26.4 Å². The number of ketones is 1. The van der Waals surface area contributed by atoms with Gasteiger partial charge in [-0.1, -0.05) is 26.8 Å². The van der Waals surface area contributed by atoms with Crippen LogP contribution in [-0.2, 0) is 31.3 Å². The minimum atomic E-state index is -1.33. The van der Waals surface area contributed by atoms with Crippen molar-refractivity contribution in [2.24, 2.45) is 5.92 Å². The second kappa shape index (κ2) is 31.1. The Morgan fingerprint density at radius 3 is 1.35 bits per heavy atom. The van der Waals surface area contributed by atoms with Crippen LogP contribution in [0.25, 0.3) is 0 Å². The molecule has 1 atom stereocenters. The van der Waals surface area contributed by atoms with E-state index in [1.807, 2.05) is 0 Å². The number of carbonyl (C=O) groups is 2. The van der Waals surface area contributed by atoms with Crippen molar-refractivity contribution in [2.45, 2.75) is 34.1 Å². The van der Waals surface area contributed by atoms with Gasteiger partial charge < -0.3 is 25.2 Å². The van der Waals surface area contributed by atoms with E-state index in [4.69, 9.17) is 15.3 Å². The van der Waals surface area contributed by atoms with E-state index in [0.29, 0.717) is 0 Å². The molecule has 0 saturated carbocycles. The smallest absolute Gasteiger partial charge is 0.855 e. The molecule has 20 heavy (non-hydrogen) atoms. The molecule has 0 radical (unpaired) electrons. The number of carbonyl (C=O) groups excluding carboxylic acids is 2. The summed E-state index contributed by atoms with van der Waals surface area (Å²) in [5, 5.41) is 36.9. The molecule has 0 saturated heterocycles. The van der Waals surface area contributed by atoms with Gasteiger partial charge in [0.2, 0.25) is 0 Å². The van der Waals surface area contributed by atoms with E-state index in [9.17, 15) is 14.7 Å². The molecule has 0 aliphatic carbocycles. The van der Waals surface area contributed by atoms with E-state index in [0.717, 1.165) is 0 Å². The number of Topliss-reactive ketones (excluding diaryl/α,β-unsaturated/α-hetero) is 1. The normalized spacial score (nSPS) is 8.75. The van der Waals surface area contributed by atoms with E-state index in [2.05, 4.69) is 6.58 Å². The molecule has 1 unspecified atom stereocenters. The van der Waals surface area contributed by atoms with Crippen molar-refractivity contribution < 1.29 is 51.7 Å². The largest absolute Gasteiger partial charge is 4.00 e. The molecule has 0 aromatic heterocycles. The zero-order valence-electron chi connectivity index (χ0n) is 12.6. The third-order valence-corrected chi connectivity index (χ3v) is 1.18. The predicted octanol–water partition coefficient (Wildman–Crippen LogP) is -2.39. The van der Waals surface area contributed by atoms with Gasteiger partial charge in [-0.05, 0) is 13.3 Å². The Labute approximate surface area is 136 Å². The summed E-state index contributed by atoms with van der Waals surface area (Å²) in [5.41, 5.74) is 0. The summed E-state index contributed by atoms with van der Waals surface area (Å²) in [6, 6.07) is 0. The molecule has 0 aromatic carbocycles. The molecule has 0 aliphatic rings. The maximum absolute atomic E-state index is 10.5. The SMILES string of the molecule is C=CCC(C(C)=O)C(=O)[O-].CC[O-].CC[O-].CC[O-].[Ti+4]. The van der Waals surface area contributed by atoms with Gasteiger partial charge in [0.05, 0.1) is 11.9 Å². The topological polar surface area (TPSA) is 126 Å². The molecule has 116 valence electrons. The number of rotatable bonds is 4. The summed E-state index contributed by atoms with van der Waals surface area (Å²) >= 11 is 0. The summed E-state index contributed by atoms with van der Waals surface area (Å²) in [4.78, 5) is 20.7. The Bertz CT molecular complexity index is 190. The quantitative estimate of drug-likeness (QED) is 0.323. The average molecular weight is 324 g/mol. The van der Waals surface area contributed by atoms with Crippen LogP contribution < -0.4 is 20.4 Å². The first-order chi connectivity index (χ1) is 8.83. The predicted molar refractivity (Wildman–Crippen MR) is 65.6 cm³/mol. The molecular weight excluding hydrogens is 300 g/mol. The van der Waals surface area contributed by atoms with Crippen molar-refractivity contribution in [1.82, 2.24) is 0 Å². The number of aliphatic carboxylic acids is 1. The van der Waals surface area contributed by atoms with Crippen molar-refractivity contribution in [3.8, 4) is 0 Å². The van der Waals surface area contributed by atoms with Crippen molar-refractivity contribution in [2.75, 3.05) is 19.8 Å². The number of hydrogen-bond donors (Lipinski definition) is 0. The van der Waals surface area contributed by atoms with E-state index in [1.165, 1.54) is 13.0 Å². The van der Waals surface area contributed by atoms with Crippen LogP contribution in [0.2, 0.25) is 0 Å². The molecule has 0 bridgehead atoms. The minimum Gasteiger partial charge on any atom is -0.855 e. The molecule has 0 N–H and O–H groups in total. The number of carboxylic acids is 1. The second-order valence-corrected chi connectivity index (χ2v) is 2.87. The maximum atomic E-state index is 10.5. The molecule has 6 nitrogen and oxygen atoms in total. The van der Waals surface area contributed by atoms with Crippen LogP contribution in [0.5, 0.6) is 0 Å². The fourth-order valence-corrected chi connectivity index (χ4v) is 0.595. The molecule has 0 rings (SSSR count). The molecule has 0 spiro atoms. The molecule has 0 aliphatic heterocycles. The van der Waals surface area contributed by atoms with Crippen LogP contribution in [0, 0.1) is 5.92 Å². The Balaban J connectivity index is -0.0000000626. The van der Waals surface area contributed by atoms with Crippen LogP contribution in [0.3, 0.4) is 0 Å². The number of carboxylic acid groups (broad SMARTS) is 1. The zero-order chi connectivity index (χ0) is 16.3. The van der Waals surface area contributed by atoms with Crippen molar-refractivity contribution in [3.05, 3.63) is 12.7 Å². The van der Waals surface area contributed by atoms with Gasteiger partial charge in [0, 0.05) is 0 Å². The van der Waals surface area contributed by atoms with Crippen LogP contribution in [0.4, 0.5) is 0 Å². The van der Waals surface area contributed by atoms with E-state index in [-0.39, 0.29) is 53.7 Å². The van der Waals surface area contributed by atoms with Gasteiger partial charge in [-0.2, -0.15) is 0 Å². The summed E-state index contributed by atoms with van der Waals surface area (Å²) in [6.45, 7) is 9.26. The van der Waals surface area contributed by atoms with Crippen molar-refractivity contribution in [3.63, 3.8) is 0 Å². The third-order valence-electron chi connectivity index (χ3n) is 1.18. The second-order valence-electron chi connectivity index (χ2n) is 2.87. The van der Waals surface area contributed by atoms with Crippen LogP contribution in [0.15, 0.2) is 12.7 Å². The molecule has 0 fully saturated rings. The summed E-state index contributed by atoms with van der Waals surface area (Å²) in [7, 11) is 0. The molecule has 0 aromatic rings. The average Bonchev–Trinajstić information content (AvgIpc) is 2.28. The van der Waals surface area contributed by atoms with E-state index >= 15 is 0 Å². The van der Waals surface area contributed by atoms with Gasteiger partial charge in [-0.3, -0.25) is 4.79 Å². The fraction of sp³-hybridized carbons (Fsp3) is 0.692. The van der Waals surface area contributed by atoms with E-state index in [1.54, 1.807) is 20.8 Å². The van der Waals surface area contributed by atoms with Crippen LogP contribution in [0.1, 0.15) is 34.1 Å². The van der Waals surface area contributed by atoms with Crippen LogP contribution >= 0.6 is 0 Å².